The molecule has 4 aromatic carbocycles. The van der Waals surface area contributed by atoms with Gasteiger partial charge in [-0.15, -0.1) is 0 Å². The molecule has 0 fully saturated rings. The first-order valence-electron chi connectivity index (χ1n) is 14.9. The molecule has 2 amide bonds. The molecule has 0 heterocycles. The number of carboxylic acids is 1. The van der Waals surface area contributed by atoms with Gasteiger partial charge in [0.25, 0.3) is 5.91 Å². The number of halogens is 3. The molecule has 0 aliphatic carbocycles. The van der Waals surface area contributed by atoms with Crippen LogP contribution in [0.15, 0.2) is 108 Å². The van der Waals surface area contributed by atoms with E-state index >= 15 is 0 Å². The van der Waals surface area contributed by atoms with Crippen LogP contribution in [-0.2, 0) is 32.6 Å². The Bertz CT molecular complexity index is 1920. The molecule has 4 rings (SSSR count). The highest BCUT2D eigenvalue weighted by molar-refractivity contribution is 7.89. The monoisotopic (exact) mass is 712 g/mol. The van der Waals surface area contributed by atoms with Crippen molar-refractivity contribution in [3.63, 3.8) is 0 Å². The normalized spacial score (nSPS) is 11.4. The van der Waals surface area contributed by atoms with Crippen LogP contribution >= 0.6 is 0 Å². The molecule has 4 aromatic rings. The Balaban J connectivity index is 0.000000872. The van der Waals surface area contributed by atoms with Crippen molar-refractivity contribution in [1.29, 1.82) is 0 Å². The Morgan fingerprint density at radius 3 is 2.04 bits per heavy atom. The number of aromatic hydroxyl groups is 1. The van der Waals surface area contributed by atoms with Crippen LogP contribution in [0.1, 0.15) is 27.0 Å². The van der Waals surface area contributed by atoms with Crippen molar-refractivity contribution in [3.05, 3.63) is 125 Å². The number of sulfonamides is 1. The van der Waals surface area contributed by atoms with Crippen LogP contribution in [0.4, 0.5) is 13.2 Å². The Labute approximate surface area is 286 Å². The van der Waals surface area contributed by atoms with E-state index in [1.807, 2.05) is 42.5 Å². The van der Waals surface area contributed by atoms with E-state index in [1.165, 1.54) is 18.2 Å². The fraction of sp³-hybridized carbons (Fsp3) is 0.171. The number of phenolic OH excluding ortho intramolecular Hbond substituents is 1. The number of alkyl halides is 3. The first-order valence-corrected chi connectivity index (χ1v) is 16.5. The maximum Gasteiger partial charge on any atom is 0.490 e. The van der Waals surface area contributed by atoms with Gasteiger partial charge in [0.15, 0.2) is 0 Å². The summed E-state index contributed by atoms with van der Waals surface area (Å²) in [5.41, 5.74) is 10.3. The number of hydrogen-bond donors (Lipinski definition) is 5. The van der Waals surface area contributed by atoms with Crippen LogP contribution in [0.5, 0.6) is 5.75 Å². The summed E-state index contributed by atoms with van der Waals surface area (Å²) in [6.07, 6.45) is -1.42. The van der Waals surface area contributed by atoms with Gasteiger partial charge in [0.2, 0.25) is 15.9 Å². The number of hydrogen-bond acceptors (Lipinski definition) is 7. The van der Waals surface area contributed by atoms with Crippen molar-refractivity contribution in [1.82, 2.24) is 10.2 Å². The van der Waals surface area contributed by atoms with E-state index in [0.717, 1.165) is 27.8 Å². The maximum atomic E-state index is 13.4. The highest BCUT2D eigenvalue weighted by atomic mass is 32.2. The van der Waals surface area contributed by atoms with Crippen molar-refractivity contribution in [2.75, 3.05) is 19.6 Å². The topological polar surface area (TPSA) is 193 Å². The first-order chi connectivity index (χ1) is 23.6. The predicted octanol–water partition coefficient (Wildman–Crippen LogP) is 4.31. The van der Waals surface area contributed by atoms with Gasteiger partial charge in [-0.3, -0.25) is 9.59 Å². The molecule has 0 radical (unpaired) electrons. The summed E-state index contributed by atoms with van der Waals surface area (Å²) in [4.78, 5) is 36.5. The number of phenols is 1. The van der Waals surface area contributed by atoms with E-state index in [-0.39, 0.29) is 22.5 Å². The molecule has 0 bridgehead atoms. The minimum atomic E-state index is -5.08. The van der Waals surface area contributed by atoms with Crippen LogP contribution < -0.4 is 16.2 Å². The highest BCUT2D eigenvalue weighted by Gasteiger charge is 2.38. The lowest BCUT2D eigenvalue weighted by atomic mass is 10.0. The zero-order valence-electron chi connectivity index (χ0n) is 26.5. The molecule has 0 unspecified atom stereocenters. The summed E-state index contributed by atoms with van der Waals surface area (Å²) in [7, 11) is -3.80. The van der Waals surface area contributed by atoms with Crippen molar-refractivity contribution in [2.24, 2.45) is 10.9 Å². The number of rotatable bonds is 12. The quantitative estimate of drug-likeness (QED) is 0.134. The zero-order chi connectivity index (χ0) is 36.9. The average molecular weight is 713 g/mol. The lowest BCUT2D eigenvalue weighted by Crippen LogP contribution is -2.31. The summed E-state index contributed by atoms with van der Waals surface area (Å²) >= 11 is 0. The smallest absolute Gasteiger partial charge is 0.490 e. The molecule has 0 aliphatic heterocycles. The van der Waals surface area contributed by atoms with Gasteiger partial charge in [0, 0.05) is 37.8 Å². The van der Waals surface area contributed by atoms with Crippen LogP contribution in [0.3, 0.4) is 0 Å². The summed E-state index contributed by atoms with van der Waals surface area (Å²) in [6.45, 7) is 1.43. The standard InChI is InChI=1S/C33H34N4O5S.C2HF3O2/c34-18-19-36-33(40)29-6-2-5-28(22-29)27-4-1-3-26(21-27)23-37(32(39)16-11-24-7-12-30(38)13-8-24)20-17-25-9-14-31(15-10-25)43(35,41)42;3-2(4,5)1(6)7/h1-16,21-22,38H,17-20,23,34H2,(H,36,40)(H2,35,41,42);(H,6,7)/b16-11+;. The summed E-state index contributed by atoms with van der Waals surface area (Å²) in [6, 6.07) is 27.9. The van der Waals surface area contributed by atoms with Crippen LogP contribution in [0.2, 0.25) is 0 Å². The third-order valence-corrected chi connectivity index (χ3v) is 7.91. The molecular formula is C35H35F3N4O7S. The summed E-state index contributed by atoms with van der Waals surface area (Å²) in [5.74, 6) is -3.02. The molecule has 0 aliphatic rings. The molecule has 50 heavy (non-hydrogen) atoms. The second kappa shape index (κ2) is 17.8. The van der Waals surface area contributed by atoms with Gasteiger partial charge in [-0.2, -0.15) is 13.2 Å². The number of nitrogens with two attached hydrogens (primary N) is 2. The van der Waals surface area contributed by atoms with E-state index in [9.17, 15) is 36.3 Å². The SMILES string of the molecule is NCCNC(=O)c1cccc(-c2cccc(CN(CCc3ccc(S(N)(=O)=O)cc3)C(=O)/C=C/c3ccc(O)cc3)c2)c1.O=C(O)C(F)(F)F. The van der Waals surface area contributed by atoms with Gasteiger partial charge in [-0.25, -0.2) is 18.4 Å². The summed E-state index contributed by atoms with van der Waals surface area (Å²) < 4.78 is 55.0. The number of carboxylic acid groups (broad SMARTS) is 1. The van der Waals surface area contributed by atoms with Gasteiger partial charge in [0.1, 0.15) is 5.75 Å². The lowest BCUT2D eigenvalue weighted by Gasteiger charge is -2.22. The van der Waals surface area contributed by atoms with Crippen molar-refractivity contribution in [3.8, 4) is 16.9 Å². The van der Waals surface area contributed by atoms with E-state index in [0.29, 0.717) is 38.2 Å². The number of nitrogens with one attached hydrogen (secondary N) is 1. The second-order valence-corrected chi connectivity index (χ2v) is 12.3. The summed E-state index contributed by atoms with van der Waals surface area (Å²) in [5, 5.41) is 24.7. The number of nitrogens with zero attached hydrogens (tertiary/aromatic N) is 1. The molecule has 0 spiro atoms. The second-order valence-electron chi connectivity index (χ2n) is 10.8. The number of benzene rings is 4. The lowest BCUT2D eigenvalue weighted by molar-refractivity contribution is -0.192. The van der Waals surface area contributed by atoms with Gasteiger partial charge in [0.05, 0.1) is 4.90 Å². The molecule has 11 nitrogen and oxygen atoms in total. The van der Waals surface area contributed by atoms with Crippen molar-refractivity contribution in [2.45, 2.75) is 24.0 Å². The fourth-order valence-electron chi connectivity index (χ4n) is 4.43. The average Bonchev–Trinajstić information content (AvgIpc) is 3.08. The van der Waals surface area contributed by atoms with Gasteiger partial charge in [-0.05, 0) is 82.8 Å². The Morgan fingerprint density at radius 1 is 0.860 bits per heavy atom. The number of carbonyl (C=O) groups is 3. The maximum absolute atomic E-state index is 13.4. The Morgan fingerprint density at radius 2 is 1.46 bits per heavy atom. The number of carbonyl (C=O) groups excluding carboxylic acids is 2. The first kappa shape index (κ1) is 38.9. The zero-order valence-corrected chi connectivity index (χ0v) is 27.3. The van der Waals surface area contributed by atoms with Crippen LogP contribution in [0.25, 0.3) is 17.2 Å². The van der Waals surface area contributed by atoms with Gasteiger partial charge >= 0.3 is 12.1 Å². The van der Waals surface area contributed by atoms with Crippen LogP contribution in [0, 0.1) is 0 Å². The van der Waals surface area contributed by atoms with E-state index in [4.69, 9.17) is 20.8 Å². The molecule has 0 aromatic heterocycles. The minimum Gasteiger partial charge on any atom is -0.508 e. The molecule has 0 atom stereocenters. The molecule has 7 N–H and O–H groups in total. The molecule has 15 heteroatoms. The number of aliphatic carboxylic acids is 1. The number of primary sulfonamides is 1. The van der Waals surface area contributed by atoms with E-state index in [1.54, 1.807) is 53.4 Å². The highest BCUT2D eigenvalue weighted by Crippen LogP contribution is 2.23. The van der Waals surface area contributed by atoms with E-state index in [2.05, 4.69) is 5.32 Å². The van der Waals surface area contributed by atoms with Gasteiger partial charge in [-0.1, -0.05) is 54.6 Å². The number of amides is 2. The third kappa shape index (κ3) is 12.5. The molecule has 0 saturated carbocycles. The fourth-order valence-corrected chi connectivity index (χ4v) is 4.95. The molecular weight excluding hydrogens is 677 g/mol. The van der Waals surface area contributed by atoms with E-state index < -0.39 is 22.2 Å². The molecule has 264 valence electrons. The van der Waals surface area contributed by atoms with Gasteiger partial charge < -0.3 is 26.2 Å². The largest absolute Gasteiger partial charge is 0.508 e. The molecule has 0 saturated heterocycles. The van der Waals surface area contributed by atoms with Crippen molar-refractivity contribution >= 4 is 33.9 Å². The Hall–Kier alpha value is -5.51. The predicted molar refractivity (Wildman–Crippen MR) is 181 cm³/mol. The van der Waals surface area contributed by atoms with Crippen molar-refractivity contribution < 1.29 is 46.2 Å². The minimum absolute atomic E-state index is 0.0266. The van der Waals surface area contributed by atoms with Crippen LogP contribution in [-0.4, -0.2) is 67.1 Å². The third-order valence-electron chi connectivity index (χ3n) is 6.98. The Kier molecular flexibility index (Phi) is 13.8.